The minimum absolute atomic E-state index is 0.0263. The number of benzene rings is 2. The maximum atomic E-state index is 12.4. The van der Waals surface area contributed by atoms with E-state index in [9.17, 15) is 15.0 Å². The van der Waals surface area contributed by atoms with Gasteiger partial charge in [-0.3, -0.25) is 0 Å². The van der Waals surface area contributed by atoms with E-state index >= 15 is 0 Å². The van der Waals surface area contributed by atoms with Gasteiger partial charge in [0.1, 0.15) is 19.0 Å². The molecule has 0 aromatic heterocycles. The van der Waals surface area contributed by atoms with Crippen molar-refractivity contribution in [3.05, 3.63) is 65.2 Å². The molecule has 3 unspecified atom stereocenters. The number of carbonyl (C=O) groups is 1. The Kier molecular flexibility index (Phi) is 6.45. The number of hydrogen-bond acceptors (Lipinski definition) is 6. The molecular weight excluding hydrogens is 348 g/mol. The molecule has 0 aliphatic carbocycles. The molecule has 27 heavy (non-hydrogen) atoms. The van der Waals surface area contributed by atoms with Gasteiger partial charge in [-0.2, -0.15) is 0 Å². The molecule has 1 fully saturated rings. The average molecular weight is 372 g/mol. The van der Waals surface area contributed by atoms with Crippen LogP contribution in [-0.4, -0.2) is 41.3 Å². The molecule has 3 atom stereocenters. The molecule has 144 valence electrons. The van der Waals surface area contributed by atoms with E-state index in [2.05, 4.69) is 0 Å². The largest absolute Gasteiger partial charge is 0.489 e. The molecule has 0 spiro atoms. The molecule has 1 aliphatic heterocycles. The second-order valence-electron chi connectivity index (χ2n) is 6.69. The molecule has 1 aliphatic rings. The number of rotatable bonds is 6. The zero-order valence-electron chi connectivity index (χ0n) is 15.2. The quantitative estimate of drug-likeness (QED) is 0.758. The maximum Gasteiger partial charge on any atom is 0.338 e. The lowest BCUT2D eigenvalue weighted by atomic mass is 10.1. The third kappa shape index (κ3) is 5.53. The van der Waals surface area contributed by atoms with Gasteiger partial charge >= 0.3 is 5.97 Å². The first-order chi connectivity index (χ1) is 13.0. The van der Waals surface area contributed by atoms with Crippen molar-refractivity contribution in [1.29, 1.82) is 0 Å². The molecule has 0 amide bonds. The van der Waals surface area contributed by atoms with Gasteiger partial charge in [0, 0.05) is 12.8 Å². The first-order valence-corrected chi connectivity index (χ1v) is 8.97. The van der Waals surface area contributed by atoms with E-state index in [4.69, 9.17) is 14.2 Å². The predicted molar refractivity (Wildman–Crippen MR) is 98.4 cm³/mol. The molecule has 1 heterocycles. The van der Waals surface area contributed by atoms with E-state index in [0.717, 1.165) is 11.1 Å². The van der Waals surface area contributed by atoms with E-state index in [1.165, 1.54) is 0 Å². The van der Waals surface area contributed by atoms with Crippen LogP contribution in [0.25, 0.3) is 0 Å². The lowest BCUT2D eigenvalue weighted by molar-refractivity contribution is -0.197. The Morgan fingerprint density at radius 3 is 2.67 bits per heavy atom. The lowest BCUT2D eigenvalue weighted by Gasteiger charge is -2.29. The van der Waals surface area contributed by atoms with Crippen LogP contribution >= 0.6 is 0 Å². The summed E-state index contributed by atoms with van der Waals surface area (Å²) in [6.07, 6.45) is -1.72. The lowest BCUT2D eigenvalue weighted by Crippen LogP contribution is -2.38. The standard InChI is InChI=1S/C21H24O6/c1-14-7-8-17(25-12-15-5-3-2-4-6-15)11-19(14)21(24)26-13-18-9-16(22)10-20(23)27-18/h2-8,11,16,18,20,22-23H,9-10,12-13H2,1H3. The van der Waals surface area contributed by atoms with Gasteiger partial charge in [0.2, 0.25) is 0 Å². The van der Waals surface area contributed by atoms with Gasteiger partial charge in [0.15, 0.2) is 6.29 Å². The Balaban J connectivity index is 1.58. The van der Waals surface area contributed by atoms with Gasteiger partial charge in [0.05, 0.1) is 17.8 Å². The number of aliphatic hydroxyl groups excluding tert-OH is 2. The molecule has 2 N–H and O–H groups in total. The molecule has 0 radical (unpaired) electrons. The van der Waals surface area contributed by atoms with Crippen LogP contribution < -0.4 is 4.74 Å². The molecule has 6 nitrogen and oxygen atoms in total. The summed E-state index contributed by atoms with van der Waals surface area (Å²) < 4.78 is 16.4. The van der Waals surface area contributed by atoms with Crippen LogP contribution in [0.2, 0.25) is 0 Å². The van der Waals surface area contributed by atoms with Crippen molar-refractivity contribution in [2.75, 3.05) is 6.61 Å². The van der Waals surface area contributed by atoms with Gasteiger partial charge in [-0.05, 0) is 30.2 Å². The SMILES string of the molecule is Cc1ccc(OCc2ccccc2)cc1C(=O)OCC1CC(O)CC(O)O1. The fourth-order valence-corrected chi connectivity index (χ4v) is 2.97. The van der Waals surface area contributed by atoms with Crippen molar-refractivity contribution in [3.8, 4) is 5.75 Å². The summed E-state index contributed by atoms with van der Waals surface area (Å²) >= 11 is 0. The van der Waals surface area contributed by atoms with Gasteiger partial charge in [-0.15, -0.1) is 0 Å². The zero-order valence-corrected chi connectivity index (χ0v) is 15.2. The van der Waals surface area contributed by atoms with Crippen molar-refractivity contribution in [1.82, 2.24) is 0 Å². The van der Waals surface area contributed by atoms with Crippen molar-refractivity contribution in [2.24, 2.45) is 0 Å². The third-order valence-electron chi connectivity index (χ3n) is 4.44. The Labute approximate surface area is 158 Å². The van der Waals surface area contributed by atoms with Crippen molar-refractivity contribution in [2.45, 2.75) is 44.9 Å². The summed E-state index contributed by atoms with van der Waals surface area (Å²) in [6.45, 7) is 2.20. The minimum Gasteiger partial charge on any atom is -0.489 e. The van der Waals surface area contributed by atoms with Crippen molar-refractivity contribution in [3.63, 3.8) is 0 Å². The highest BCUT2D eigenvalue weighted by Gasteiger charge is 2.28. The summed E-state index contributed by atoms with van der Waals surface area (Å²) in [6, 6.07) is 15.0. The molecule has 3 rings (SSSR count). The van der Waals surface area contributed by atoms with Gasteiger partial charge in [-0.25, -0.2) is 4.79 Å². The Morgan fingerprint density at radius 1 is 1.15 bits per heavy atom. The van der Waals surface area contributed by atoms with Crippen molar-refractivity contribution < 1.29 is 29.2 Å². The average Bonchev–Trinajstić information content (AvgIpc) is 2.65. The number of carbonyl (C=O) groups excluding carboxylic acids is 1. The Bertz CT molecular complexity index is 751. The molecule has 6 heteroatoms. The maximum absolute atomic E-state index is 12.4. The first kappa shape index (κ1) is 19.4. The smallest absolute Gasteiger partial charge is 0.338 e. The molecule has 2 aromatic rings. The summed E-state index contributed by atoms with van der Waals surface area (Å²) in [5.41, 5.74) is 2.22. The summed E-state index contributed by atoms with van der Waals surface area (Å²) in [5.74, 6) is 0.0898. The van der Waals surface area contributed by atoms with Gasteiger partial charge in [0.25, 0.3) is 0 Å². The molecule has 0 bridgehead atoms. The van der Waals surface area contributed by atoms with E-state index in [0.29, 0.717) is 24.3 Å². The molecule has 2 aromatic carbocycles. The predicted octanol–water partition coefficient (Wildman–Crippen LogP) is 2.59. The Hall–Kier alpha value is -2.41. The first-order valence-electron chi connectivity index (χ1n) is 8.97. The van der Waals surface area contributed by atoms with E-state index in [1.54, 1.807) is 6.07 Å². The second kappa shape index (κ2) is 8.99. The van der Waals surface area contributed by atoms with Crippen LogP contribution in [0.4, 0.5) is 0 Å². The fourth-order valence-electron chi connectivity index (χ4n) is 2.97. The highest BCUT2D eigenvalue weighted by Crippen LogP contribution is 2.21. The highest BCUT2D eigenvalue weighted by atomic mass is 16.6. The fraction of sp³-hybridized carbons (Fsp3) is 0.381. The van der Waals surface area contributed by atoms with Crippen LogP contribution in [-0.2, 0) is 16.1 Å². The summed E-state index contributed by atoms with van der Waals surface area (Å²) in [7, 11) is 0. The summed E-state index contributed by atoms with van der Waals surface area (Å²) in [5, 5.41) is 19.2. The number of esters is 1. The normalized spacial score (nSPS) is 22.3. The van der Waals surface area contributed by atoms with Crippen LogP contribution in [0.15, 0.2) is 48.5 Å². The van der Waals surface area contributed by atoms with E-state index < -0.39 is 24.5 Å². The number of hydrogen-bond donors (Lipinski definition) is 2. The van der Waals surface area contributed by atoms with Crippen molar-refractivity contribution >= 4 is 5.97 Å². The third-order valence-corrected chi connectivity index (χ3v) is 4.44. The molecule has 1 saturated heterocycles. The minimum atomic E-state index is -1.03. The topological polar surface area (TPSA) is 85.2 Å². The molecule has 0 saturated carbocycles. The second-order valence-corrected chi connectivity index (χ2v) is 6.69. The number of aryl methyl sites for hydroxylation is 1. The van der Waals surface area contributed by atoms with Gasteiger partial charge < -0.3 is 24.4 Å². The molecular formula is C21H24O6. The van der Waals surface area contributed by atoms with Crippen LogP contribution in [0, 0.1) is 6.92 Å². The highest BCUT2D eigenvalue weighted by molar-refractivity contribution is 5.91. The van der Waals surface area contributed by atoms with E-state index in [-0.39, 0.29) is 13.0 Å². The number of aliphatic hydroxyl groups is 2. The van der Waals surface area contributed by atoms with Crippen LogP contribution in [0.5, 0.6) is 5.75 Å². The van der Waals surface area contributed by atoms with Crippen LogP contribution in [0.3, 0.4) is 0 Å². The Morgan fingerprint density at radius 2 is 1.93 bits per heavy atom. The monoisotopic (exact) mass is 372 g/mol. The van der Waals surface area contributed by atoms with Crippen LogP contribution in [0.1, 0.15) is 34.3 Å². The zero-order chi connectivity index (χ0) is 19.2. The summed E-state index contributed by atoms with van der Waals surface area (Å²) in [4.78, 5) is 12.4. The van der Waals surface area contributed by atoms with E-state index in [1.807, 2.05) is 49.4 Å². The van der Waals surface area contributed by atoms with Gasteiger partial charge in [-0.1, -0.05) is 36.4 Å². The number of ether oxygens (including phenoxy) is 3.